The van der Waals surface area contributed by atoms with Crippen LogP contribution in [-0.2, 0) is 4.74 Å². The molecule has 0 amide bonds. The van der Waals surface area contributed by atoms with Gasteiger partial charge in [0.05, 0.1) is 6.61 Å². The minimum atomic E-state index is 0.344. The monoisotopic (exact) mass is 329 g/mol. The highest BCUT2D eigenvalue weighted by atomic mass is 79.9. The molecule has 3 nitrogen and oxygen atoms in total. The molecule has 0 saturated carbocycles. The lowest BCUT2D eigenvalue weighted by atomic mass is 10.1. The zero-order valence-corrected chi connectivity index (χ0v) is 13.6. The van der Waals surface area contributed by atoms with Crippen LogP contribution in [0, 0.1) is 0 Å². The lowest BCUT2D eigenvalue weighted by Gasteiger charge is -2.16. The van der Waals surface area contributed by atoms with E-state index in [1.165, 1.54) is 5.56 Å². The Hall–Kier alpha value is -0.580. The number of benzene rings is 1. The first-order valence-corrected chi connectivity index (χ1v) is 7.63. The predicted molar refractivity (Wildman–Crippen MR) is 82.8 cm³/mol. The van der Waals surface area contributed by atoms with Gasteiger partial charge in [-0.3, -0.25) is 0 Å². The highest BCUT2D eigenvalue weighted by Gasteiger charge is 2.09. The molecule has 0 aliphatic rings. The Morgan fingerprint density at radius 1 is 1.32 bits per heavy atom. The lowest BCUT2D eigenvalue weighted by molar-refractivity contribution is 0.172. The predicted octanol–water partition coefficient (Wildman–Crippen LogP) is 3.93. The number of methoxy groups -OCH3 is 1. The van der Waals surface area contributed by atoms with Gasteiger partial charge in [0, 0.05) is 30.7 Å². The molecule has 1 aromatic carbocycles. The minimum absolute atomic E-state index is 0.344. The molecule has 0 aromatic heterocycles. The Balaban J connectivity index is 2.53. The third-order valence-corrected chi connectivity index (χ3v) is 3.59. The number of hydrogen-bond acceptors (Lipinski definition) is 3. The molecule has 1 atom stereocenters. The van der Waals surface area contributed by atoms with Gasteiger partial charge in [-0.15, -0.1) is 0 Å². The maximum atomic E-state index is 5.67. The molecule has 0 saturated heterocycles. The zero-order chi connectivity index (χ0) is 14.1. The van der Waals surface area contributed by atoms with E-state index in [1.807, 2.05) is 12.1 Å². The standard InChI is InChI=1S/C15H24BrNO2/c1-4-8-17-12(2)14-7-6-13(11-15(14)16)19-10-5-9-18-3/h6-7,11-12,17H,4-5,8-10H2,1-3H3. The average Bonchev–Trinajstić information content (AvgIpc) is 2.41. The maximum Gasteiger partial charge on any atom is 0.120 e. The quantitative estimate of drug-likeness (QED) is 0.696. The molecule has 0 aliphatic heterocycles. The van der Waals surface area contributed by atoms with Gasteiger partial charge in [0.2, 0.25) is 0 Å². The fourth-order valence-electron chi connectivity index (χ4n) is 1.81. The second-order valence-electron chi connectivity index (χ2n) is 4.55. The molecule has 1 N–H and O–H groups in total. The summed E-state index contributed by atoms with van der Waals surface area (Å²) in [5.74, 6) is 0.898. The summed E-state index contributed by atoms with van der Waals surface area (Å²) in [6.07, 6.45) is 2.05. The summed E-state index contributed by atoms with van der Waals surface area (Å²) in [6, 6.07) is 6.52. The fourth-order valence-corrected chi connectivity index (χ4v) is 2.51. The van der Waals surface area contributed by atoms with Gasteiger partial charge in [-0.1, -0.05) is 28.9 Å². The van der Waals surface area contributed by atoms with Crippen LogP contribution in [-0.4, -0.2) is 26.9 Å². The van der Waals surface area contributed by atoms with Crippen molar-refractivity contribution in [1.82, 2.24) is 5.32 Å². The van der Waals surface area contributed by atoms with E-state index in [9.17, 15) is 0 Å². The van der Waals surface area contributed by atoms with Gasteiger partial charge >= 0.3 is 0 Å². The molecule has 19 heavy (non-hydrogen) atoms. The molecule has 1 rings (SSSR count). The maximum absolute atomic E-state index is 5.67. The molecule has 0 bridgehead atoms. The van der Waals surface area contributed by atoms with Gasteiger partial charge in [-0.25, -0.2) is 0 Å². The summed E-state index contributed by atoms with van der Waals surface area (Å²) in [6.45, 7) is 6.80. The van der Waals surface area contributed by atoms with Gasteiger partial charge < -0.3 is 14.8 Å². The topological polar surface area (TPSA) is 30.5 Å². The van der Waals surface area contributed by atoms with Gasteiger partial charge in [0.15, 0.2) is 0 Å². The average molecular weight is 330 g/mol. The number of ether oxygens (including phenoxy) is 2. The summed E-state index contributed by atoms with van der Waals surface area (Å²) in [7, 11) is 1.70. The van der Waals surface area contributed by atoms with Crippen LogP contribution < -0.4 is 10.1 Å². The molecule has 108 valence electrons. The molecular weight excluding hydrogens is 306 g/mol. The summed E-state index contributed by atoms with van der Waals surface area (Å²) in [4.78, 5) is 0. The second-order valence-corrected chi connectivity index (χ2v) is 5.41. The van der Waals surface area contributed by atoms with E-state index in [0.29, 0.717) is 12.6 Å². The smallest absolute Gasteiger partial charge is 0.120 e. The van der Waals surface area contributed by atoms with Crippen LogP contribution in [0.2, 0.25) is 0 Å². The van der Waals surface area contributed by atoms with Crippen molar-refractivity contribution in [2.75, 3.05) is 26.9 Å². The van der Waals surface area contributed by atoms with Gasteiger partial charge in [0.1, 0.15) is 5.75 Å². The van der Waals surface area contributed by atoms with Gasteiger partial charge in [0.25, 0.3) is 0 Å². The van der Waals surface area contributed by atoms with Crippen molar-refractivity contribution in [3.63, 3.8) is 0 Å². The largest absolute Gasteiger partial charge is 0.493 e. The Kier molecular flexibility index (Phi) is 8.10. The highest BCUT2D eigenvalue weighted by molar-refractivity contribution is 9.10. The highest BCUT2D eigenvalue weighted by Crippen LogP contribution is 2.27. The van der Waals surface area contributed by atoms with E-state index in [0.717, 1.165) is 36.2 Å². The first-order chi connectivity index (χ1) is 9.19. The van der Waals surface area contributed by atoms with Gasteiger partial charge in [-0.05, 0) is 37.6 Å². The molecule has 0 fully saturated rings. The van der Waals surface area contributed by atoms with Crippen LogP contribution in [0.5, 0.6) is 5.75 Å². The summed E-state index contributed by atoms with van der Waals surface area (Å²) >= 11 is 3.62. The minimum Gasteiger partial charge on any atom is -0.493 e. The number of rotatable bonds is 9. The molecule has 1 unspecified atom stereocenters. The van der Waals surface area contributed by atoms with E-state index >= 15 is 0 Å². The summed E-state index contributed by atoms with van der Waals surface area (Å²) < 4.78 is 11.8. The van der Waals surface area contributed by atoms with E-state index in [1.54, 1.807) is 7.11 Å². The Bertz CT molecular complexity index is 371. The van der Waals surface area contributed by atoms with Crippen molar-refractivity contribution in [2.24, 2.45) is 0 Å². The van der Waals surface area contributed by atoms with Crippen LogP contribution in [0.25, 0.3) is 0 Å². The number of hydrogen-bond donors (Lipinski definition) is 1. The van der Waals surface area contributed by atoms with Crippen molar-refractivity contribution >= 4 is 15.9 Å². The van der Waals surface area contributed by atoms with Crippen LogP contribution >= 0.6 is 15.9 Å². The Morgan fingerprint density at radius 3 is 2.74 bits per heavy atom. The molecule has 0 aliphatic carbocycles. The number of halogens is 1. The molecule has 0 heterocycles. The van der Waals surface area contributed by atoms with E-state index in [2.05, 4.69) is 41.2 Å². The van der Waals surface area contributed by atoms with E-state index < -0.39 is 0 Å². The van der Waals surface area contributed by atoms with Crippen molar-refractivity contribution < 1.29 is 9.47 Å². The molecule has 0 radical (unpaired) electrons. The van der Waals surface area contributed by atoms with Crippen LogP contribution in [0.15, 0.2) is 22.7 Å². The van der Waals surface area contributed by atoms with Crippen molar-refractivity contribution in [3.8, 4) is 5.75 Å². The first-order valence-electron chi connectivity index (χ1n) is 6.83. The van der Waals surface area contributed by atoms with Crippen molar-refractivity contribution in [3.05, 3.63) is 28.2 Å². The third-order valence-electron chi connectivity index (χ3n) is 2.90. The van der Waals surface area contributed by atoms with Crippen molar-refractivity contribution in [2.45, 2.75) is 32.7 Å². The number of nitrogens with one attached hydrogen (secondary N) is 1. The van der Waals surface area contributed by atoms with Gasteiger partial charge in [-0.2, -0.15) is 0 Å². The first kappa shape index (κ1) is 16.5. The normalized spacial score (nSPS) is 12.4. The van der Waals surface area contributed by atoms with Crippen LogP contribution in [0.4, 0.5) is 0 Å². The summed E-state index contributed by atoms with van der Waals surface area (Å²) in [5, 5.41) is 3.48. The fraction of sp³-hybridized carbons (Fsp3) is 0.600. The Labute approximate surface area is 124 Å². The second kappa shape index (κ2) is 9.34. The van der Waals surface area contributed by atoms with E-state index in [-0.39, 0.29) is 0 Å². The summed E-state index contributed by atoms with van der Waals surface area (Å²) in [5.41, 5.74) is 1.26. The van der Waals surface area contributed by atoms with Crippen LogP contribution in [0.3, 0.4) is 0 Å². The Morgan fingerprint density at radius 2 is 2.11 bits per heavy atom. The molecule has 1 aromatic rings. The van der Waals surface area contributed by atoms with E-state index in [4.69, 9.17) is 9.47 Å². The molecular formula is C15H24BrNO2. The lowest BCUT2D eigenvalue weighted by Crippen LogP contribution is -2.19. The molecule has 4 heteroatoms. The zero-order valence-electron chi connectivity index (χ0n) is 12.0. The van der Waals surface area contributed by atoms with Crippen molar-refractivity contribution in [1.29, 1.82) is 0 Å². The van der Waals surface area contributed by atoms with Crippen LogP contribution in [0.1, 0.15) is 38.3 Å². The SMILES string of the molecule is CCCNC(C)c1ccc(OCCCOC)cc1Br. The molecule has 0 spiro atoms. The third kappa shape index (κ3) is 5.93.